The molecule has 1 unspecified atom stereocenters. The third-order valence-corrected chi connectivity index (χ3v) is 5.92. The second-order valence-corrected chi connectivity index (χ2v) is 10.5. The molecule has 0 bridgehead atoms. The number of carbonyl (C=O) groups excluding carboxylic acids is 2. The van der Waals surface area contributed by atoms with Crippen LogP contribution in [0.25, 0.3) is 0 Å². The molecular formula is C31H44N2O9. The predicted octanol–water partition coefficient (Wildman–Crippen LogP) is 3.21. The highest BCUT2D eigenvalue weighted by Gasteiger charge is 2.31. The van der Waals surface area contributed by atoms with Gasteiger partial charge in [0.15, 0.2) is 6.10 Å². The first-order chi connectivity index (χ1) is 20.2. The SMILES string of the molecule is CC(C)(C)C(OCCOCCOCCOCCNC(=O)[C@H](Cc1ccccc1)NC(=O)OCc1ccccc1)C(=O)O. The van der Waals surface area contributed by atoms with Gasteiger partial charge in [0.25, 0.3) is 0 Å². The number of aliphatic carboxylic acids is 1. The van der Waals surface area contributed by atoms with Crippen molar-refractivity contribution >= 4 is 18.0 Å². The van der Waals surface area contributed by atoms with Gasteiger partial charge in [0.1, 0.15) is 12.6 Å². The van der Waals surface area contributed by atoms with E-state index in [1.165, 1.54) is 0 Å². The summed E-state index contributed by atoms with van der Waals surface area (Å²) in [6.07, 6.45) is -1.26. The average Bonchev–Trinajstić information content (AvgIpc) is 2.96. The zero-order valence-electron chi connectivity index (χ0n) is 24.7. The number of carboxylic acids is 1. The van der Waals surface area contributed by atoms with E-state index in [0.29, 0.717) is 32.8 Å². The largest absolute Gasteiger partial charge is 0.479 e. The van der Waals surface area contributed by atoms with Gasteiger partial charge in [0.2, 0.25) is 5.91 Å². The molecule has 11 nitrogen and oxygen atoms in total. The topological polar surface area (TPSA) is 142 Å². The predicted molar refractivity (Wildman–Crippen MR) is 156 cm³/mol. The lowest BCUT2D eigenvalue weighted by molar-refractivity contribution is -0.159. The van der Waals surface area contributed by atoms with Gasteiger partial charge in [-0.25, -0.2) is 9.59 Å². The first kappa shape index (κ1) is 34.7. The van der Waals surface area contributed by atoms with Crippen molar-refractivity contribution < 1.29 is 43.2 Å². The van der Waals surface area contributed by atoms with Crippen LogP contribution in [0.4, 0.5) is 4.79 Å². The fourth-order valence-electron chi connectivity index (χ4n) is 3.79. The quantitative estimate of drug-likeness (QED) is 0.199. The summed E-state index contributed by atoms with van der Waals surface area (Å²) < 4.78 is 27.1. The Morgan fingerprint density at radius 1 is 0.762 bits per heavy atom. The van der Waals surface area contributed by atoms with Gasteiger partial charge in [0, 0.05) is 13.0 Å². The monoisotopic (exact) mass is 588 g/mol. The lowest BCUT2D eigenvalue weighted by Crippen LogP contribution is -2.48. The number of amides is 2. The van der Waals surface area contributed by atoms with Gasteiger partial charge in [-0.05, 0) is 16.5 Å². The second-order valence-electron chi connectivity index (χ2n) is 10.5. The smallest absolute Gasteiger partial charge is 0.408 e. The standard InChI is InChI=1S/C31H44N2O9/c1-31(2,3)27(29(35)36)41-21-20-40-19-18-39-17-16-38-15-14-32-28(34)26(22-24-10-6-4-7-11-24)33-30(37)42-23-25-12-8-5-9-13-25/h4-13,26-27H,14-23H2,1-3H3,(H,32,34)(H,33,37)(H,35,36)/t26-,27?/m0/s1. The van der Waals surface area contributed by atoms with Crippen LogP contribution in [0.15, 0.2) is 60.7 Å². The molecule has 0 radical (unpaired) electrons. The van der Waals surface area contributed by atoms with Gasteiger partial charge in [-0.15, -0.1) is 0 Å². The minimum Gasteiger partial charge on any atom is -0.479 e. The third-order valence-electron chi connectivity index (χ3n) is 5.92. The van der Waals surface area contributed by atoms with Crippen LogP contribution in [0.3, 0.4) is 0 Å². The van der Waals surface area contributed by atoms with E-state index < -0.39 is 29.6 Å². The normalized spacial score (nSPS) is 12.7. The molecule has 2 aromatic rings. The number of nitrogens with one attached hydrogen (secondary N) is 2. The summed E-state index contributed by atoms with van der Waals surface area (Å²) in [5.41, 5.74) is 1.25. The number of alkyl carbamates (subject to hydrolysis) is 1. The number of rotatable bonds is 20. The summed E-state index contributed by atoms with van der Waals surface area (Å²) in [7, 11) is 0. The molecule has 0 saturated heterocycles. The van der Waals surface area contributed by atoms with Crippen molar-refractivity contribution in [3.05, 3.63) is 71.8 Å². The molecule has 0 heterocycles. The van der Waals surface area contributed by atoms with Crippen molar-refractivity contribution in [2.75, 3.05) is 52.8 Å². The highest BCUT2D eigenvalue weighted by Crippen LogP contribution is 2.22. The van der Waals surface area contributed by atoms with Crippen molar-refractivity contribution in [3.63, 3.8) is 0 Å². The zero-order valence-corrected chi connectivity index (χ0v) is 24.7. The number of ether oxygens (including phenoxy) is 5. The molecule has 2 amide bonds. The van der Waals surface area contributed by atoms with Crippen molar-refractivity contribution in [2.24, 2.45) is 5.41 Å². The number of hydrogen-bond acceptors (Lipinski definition) is 8. The molecule has 0 aliphatic heterocycles. The Labute approximate surface area is 247 Å². The minimum atomic E-state index is -0.992. The maximum absolute atomic E-state index is 12.8. The lowest BCUT2D eigenvalue weighted by atomic mass is 9.89. The lowest BCUT2D eigenvalue weighted by Gasteiger charge is -2.26. The number of carboxylic acid groups (broad SMARTS) is 1. The van der Waals surface area contributed by atoms with Crippen LogP contribution < -0.4 is 10.6 Å². The van der Waals surface area contributed by atoms with Gasteiger partial charge >= 0.3 is 12.1 Å². The number of benzene rings is 2. The van der Waals surface area contributed by atoms with E-state index in [1.54, 1.807) is 0 Å². The molecule has 42 heavy (non-hydrogen) atoms. The first-order valence-electron chi connectivity index (χ1n) is 14.0. The Bertz CT molecular complexity index is 1050. The second kappa shape index (κ2) is 19.6. The summed E-state index contributed by atoms with van der Waals surface area (Å²) >= 11 is 0. The molecule has 0 spiro atoms. The Morgan fingerprint density at radius 3 is 1.83 bits per heavy atom. The van der Waals surface area contributed by atoms with Gasteiger partial charge in [0.05, 0.1) is 46.2 Å². The van der Waals surface area contributed by atoms with Gasteiger partial charge in [-0.2, -0.15) is 0 Å². The third kappa shape index (κ3) is 14.9. The number of carbonyl (C=O) groups is 3. The van der Waals surface area contributed by atoms with Crippen LogP contribution in [-0.4, -0.2) is 88.0 Å². The molecule has 3 N–H and O–H groups in total. The summed E-state index contributed by atoms with van der Waals surface area (Å²) in [5, 5.41) is 14.7. The molecule has 0 fully saturated rings. The highest BCUT2D eigenvalue weighted by molar-refractivity contribution is 5.85. The molecule has 0 aromatic heterocycles. The van der Waals surface area contributed by atoms with E-state index in [1.807, 2.05) is 81.4 Å². The molecule has 0 aliphatic carbocycles. The van der Waals surface area contributed by atoms with Crippen LogP contribution in [0.5, 0.6) is 0 Å². The van der Waals surface area contributed by atoms with Crippen molar-refractivity contribution in [3.8, 4) is 0 Å². The van der Waals surface area contributed by atoms with E-state index in [4.69, 9.17) is 23.7 Å². The summed E-state index contributed by atoms with van der Waals surface area (Å²) in [4.78, 5) is 36.5. The summed E-state index contributed by atoms with van der Waals surface area (Å²) in [6, 6.07) is 17.9. The van der Waals surface area contributed by atoms with E-state index in [0.717, 1.165) is 11.1 Å². The average molecular weight is 589 g/mol. The molecule has 0 saturated carbocycles. The van der Waals surface area contributed by atoms with Crippen LogP contribution in [0.2, 0.25) is 0 Å². The Hall–Kier alpha value is -3.51. The van der Waals surface area contributed by atoms with Gasteiger partial charge in [-0.3, -0.25) is 4.79 Å². The van der Waals surface area contributed by atoms with Crippen LogP contribution in [0, 0.1) is 5.41 Å². The van der Waals surface area contributed by atoms with Crippen LogP contribution >= 0.6 is 0 Å². The Kier molecular flexibility index (Phi) is 16.2. The van der Waals surface area contributed by atoms with E-state index in [9.17, 15) is 19.5 Å². The fourth-order valence-corrected chi connectivity index (χ4v) is 3.79. The van der Waals surface area contributed by atoms with E-state index in [2.05, 4.69) is 10.6 Å². The zero-order chi connectivity index (χ0) is 30.6. The minimum absolute atomic E-state index is 0.105. The maximum atomic E-state index is 12.8. The molecule has 0 aliphatic rings. The van der Waals surface area contributed by atoms with E-state index >= 15 is 0 Å². The molecule has 11 heteroatoms. The Balaban J connectivity index is 1.58. The molecular weight excluding hydrogens is 544 g/mol. The molecule has 2 atom stereocenters. The molecule has 232 valence electrons. The summed E-state index contributed by atoms with van der Waals surface area (Å²) in [5.74, 6) is -1.33. The molecule has 2 rings (SSSR count). The van der Waals surface area contributed by atoms with Crippen molar-refractivity contribution in [1.82, 2.24) is 10.6 Å². The summed E-state index contributed by atoms with van der Waals surface area (Å²) in [6.45, 7) is 7.91. The van der Waals surface area contributed by atoms with Gasteiger partial charge in [-0.1, -0.05) is 81.4 Å². The fraction of sp³-hybridized carbons (Fsp3) is 0.516. The van der Waals surface area contributed by atoms with Crippen LogP contribution in [-0.2, 0) is 46.3 Å². The Morgan fingerprint density at radius 2 is 1.29 bits per heavy atom. The van der Waals surface area contributed by atoms with Gasteiger partial charge < -0.3 is 39.4 Å². The maximum Gasteiger partial charge on any atom is 0.408 e. The van der Waals surface area contributed by atoms with Crippen LogP contribution in [0.1, 0.15) is 31.9 Å². The number of hydrogen-bond donors (Lipinski definition) is 3. The van der Waals surface area contributed by atoms with E-state index in [-0.39, 0.29) is 38.9 Å². The highest BCUT2D eigenvalue weighted by atomic mass is 16.6. The van der Waals surface area contributed by atoms with Crippen molar-refractivity contribution in [2.45, 2.75) is 45.9 Å². The van der Waals surface area contributed by atoms with Crippen molar-refractivity contribution in [1.29, 1.82) is 0 Å². The molecule has 2 aromatic carbocycles. The first-order valence-corrected chi connectivity index (χ1v) is 14.0.